The lowest BCUT2D eigenvalue weighted by molar-refractivity contribution is -0.870. The Balaban J connectivity index is 4.04. The number of carbonyl (C=O) groups is 2. The largest absolute Gasteiger partial charge is 0.472 e. The summed E-state index contributed by atoms with van der Waals surface area (Å²) in [7, 11) is 1.48. The van der Waals surface area contributed by atoms with Crippen molar-refractivity contribution in [3.8, 4) is 0 Å². The van der Waals surface area contributed by atoms with Gasteiger partial charge < -0.3 is 18.9 Å². The molecule has 0 spiro atoms. The Morgan fingerprint density at radius 1 is 0.400 bits per heavy atom. The first-order valence-electron chi connectivity index (χ1n) is 34.0. The topological polar surface area (TPSA) is 108 Å². The van der Waals surface area contributed by atoms with E-state index in [4.69, 9.17) is 18.5 Å². The van der Waals surface area contributed by atoms with Crippen molar-refractivity contribution in [3.63, 3.8) is 0 Å². The molecule has 0 aromatic carbocycles. The Morgan fingerprint density at radius 2 is 0.713 bits per heavy atom. The van der Waals surface area contributed by atoms with Gasteiger partial charge in [0, 0.05) is 12.8 Å². The lowest BCUT2D eigenvalue weighted by Crippen LogP contribution is -2.37. The average molecular weight is 1150 g/mol. The van der Waals surface area contributed by atoms with Gasteiger partial charge in [-0.1, -0.05) is 312 Å². The SMILES string of the molecule is CC/C=C\C/C=C\C/C=C\C/C=C\C/C=C\CCCCCCCCCCCCCC(=O)OC(COC(=O)CCCCCCCCCCCCCCCCCCCCCCCCCCCCCCC)COP(=O)(O)OCC[N+](C)(C)C. The van der Waals surface area contributed by atoms with Gasteiger partial charge in [-0.15, -0.1) is 0 Å². The first-order valence-corrected chi connectivity index (χ1v) is 35.5. The molecule has 0 aliphatic heterocycles. The maximum absolute atomic E-state index is 12.9. The van der Waals surface area contributed by atoms with Gasteiger partial charge in [0.25, 0.3) is 0 Å². The van der Waals surface area contributed by atoms with Gasteiger partial charge in [0.15, 0.2) is 6.10 Å². The molecule has 0 saturated carbocycles. The monoisotopic (exact) mass is 1140 g/mol. The molecule has 0 aliphatic rings. The van der Waals surface area contributed by atoms with Gasteiger partial charge in [0.2, 0.25) is 0 Å². The molecule has 0 saturated heterocycles. The number of ether oxygens (including phenoxy) is 2. The molecule has 1 N–H and O–H groups in total. The number of phosphoric acid groups is 1. The van der Waals surface area contributed by atoms with Crippen molar-refractivity contribution >= 4 is 19.8 Å². The van der Waals surface area contributed by atoms with Crippen molar-refractivity contribution in [2.75, 3.05) is 47.5 Å². The number of phosphoric ester groups is 1. The molecule has 0 fully saturated rings. The van der Waals surface area contributed by atoms with E-state index >= 15 is 0 Å². The third-order valence-electron chi connectivity index (χ3n) is 15.1. The van der Waals surface area contributed by atoms with Gasteiger partial charge in [0.05, 0.1) is 27.7 Å². The van der Waals surface area contributed by atoms with Crippen LogP contribution in [0.2, 0.25) is 0 Å². The number of likely N-dealkylation sites (N-methyl/N-ethyl adjacent to an activating group) is 1. The summed E-state index contributed by atoms with van der Waals surface area (Å²) < 4.78 is 34.7. The highest BCUT2D eigenvalue weighted by Crippen LogP contribution is 2.43. The van der Waals surface area contributed by atoms with E-state index in [9.17, 15) is 19.0 Å². The third kappa shape index (κ3) is 64.9. The van der Waals surface area contributed by atoms with Crippen molar-refractivity contribution in [1.82, 2.24) is 0 Å². The van der Waals surface area contributed by atoms with Crippen molar-refractivity contribution in [1.29, 1.82) is 0 Å². The lowest BCUT2D eigenvalue weighted by atomic mass is 10.0. The minimum Gasteiger partial charge on any atom is -0.462 e. The summed E-state index contributed by atoms with van der Waals surface area (Å²) in [6.45, 7) is 4.37. The number of rotatable bonds is 63. The molecule has 0 heterocycles. The van der Waals surface area contributed by atoms with Crippen LogP contribution in [0, 0.1) is 0 Å². The zero-order valence-corrected chi connectivity index (χ0v) is 54.2. The van der Waals surface area contributed by atoms with Gasteiger partial charge in [-0.25, -0.2) is 4.57 Å². The number of allylic oxidation sites excluding steroid dienone is 10. The van der Waals surface area contributed by atoms with Crippen LogP contribution in [0.4, 0.5) is 0 Å². The maximum atomic E-state index is 12.9. The van der Waals surface area contributed by atoms with Crippen LogP contribution in [0.15, 0.2) is 60.8 Å². The number of unbranched alkanes of at least 4 members (excludes halogenated alkanes) is 39. The summed E-state index contributed by atoms with van der Waals surface area (Å²) in [4.78, 5) is 35.8. The van der Waals surface area contributed by atoms with E-state index in [0.29, 0.717) is 23.9 Å². The van der Waals surface area contributed by atoms with Crippen LogP contribution >= 0.6 is 7.82 Å². The second-order valence-electron chi connectivity index (χ2n) is 24.2. The molecule has 0 amide bonds. The Labute approximate surface area is 496 Å². The maximum Gasteiger partial charge on any atom is 0.472 e. The summed E-state index contributed by atoms with van der Waals surface area (Å²) in [5.41, 5.74) is 0. The first-order chi connectivity index (χ1) is 39.0. The van der Waals surface area contributed by atoms with E-state index < -0.39 is 26.5 Å². The third-order valence-corrected chi connectivity index (χ3v) is 16.0. The van der Waals surface area contributed by atoms with Gasteiger partial charge in [0.1, 0.15) is 19.8 Å². The highest BCUT2D eigenvalue weighted by Gasteiger charge is 2.27. The fourth-order valence-electron chi connectivity index (χ4n) is 9.87. The minimum absolute atomic E-state index is 0.0311. The minimum atomic E-state index is -4.39. The number of carbonyl (C=O) groups excluding carboxylic acids is 2. The molecule has 0 rings (SSSR count). The molecule has 80 heavy (non-hydrogen) atoms. The highest BCUT2D eigenvalue weighted by molar-refractivity contribution is 7.47. The summed E-state index contributed by atoms with van der Waals surface area (Å²) in [6, 6.07) is 0. The first kappa shape index (κ1) is 77.7. The number of esters is 2. The van der Waals surface area contributed by atoms with Crippen LogP contribution in [-0.4, -0.2) is 74.9 Å². The molecular weight excluding hydrogens is 1010 g/mol. The zero-order chi connectivity index (χ0) is 58.4. The number of quaternary nitrogens is 1. The smallest absolute Gasteiger partial charge is 0.462 e. The van der Waals surface area contributed by atoms with E-state index in [0.717, 1.165) is 70.6 Å². The fourth-order valence-corrected chi connectivity index (χ4v) is 10.6. The van der Waals surface area contributed by atoms with E-state index in [1.807, 2.05) is 21.1 Å². The van der Waals surface area contributed by atoms with Crippen molar-refractivity contribution in [2.45, 2.75) is 328 Å². The summed E-state index contributed by atoms with van der Waals surface area (Å²) >= 11 is 0. The molecule has 2 atom stereocenters. The van der Waals surface area contributed by atoms with Crippen molar-refractivity contribution < 1.29 is 42.1 Å². The molecule has 468 valence electrons. The van der Waals surface area contributed by atoms with E-state index in [2.05, 4.69) is 74.6 Å². The number of hydrogen-bond donors (Lipinski definition) is 1. The Hall–Kier alpha value is -2.29. The van der Waals surface area contributed by atoms with Crippen LogP contribution in [-0.2, 0) is 32.7 Å². The lowest BCUT2D eigenvalue weighted by Gasteiger charge is -2.24. The van der Waals surface area contributed by atoms with Gasteiger partial charge in [-0.05, 0) is 57.8 Å². The van der Waals surface area contributed by atoms with Crippen LogP contribution in [0.25, 0.3) is 0 Å². The van der Waals surface area contributed by atoms with E-state index in [-0.39, 0.29) is 25.6 Å². The van der Waals surface area contributed by atoms with Crippen molar-refractivity contribution in [2.24, 2.45) is 0 Å². The van der Waals surface area contributed by atoms with Crippen LogP contribution in [0.1, 0.15) is 322 Å². The number of hydrogen-bond acceptors (Lipinski definition) is 7. The molecule has 2 unspecified atom stereocenters. The Bertz CT molecular complexity index is 1530. The molecule has 9 nitrogen and oxygen atoms in total. The normalized spacial score (nSPS) is 13.5. The second kappa shape index (κ2) is 61.3. The van der Waals surface area contributed by atoms with Gasteiger partial charge in [-0.2, -0.15) is 0 Å². The van der Waals surface area contributed by atoms with Crippen molar-refractivity contribution in [3.05, 3.63) is 60.8 Å². The fraction of sp³-hybridized carbons (Fsp3) is 0.829. The second-order valence-corrected chi connectivity index (χ2v) is 25.6. The molecule has 0 aliphatic carbocycles. The predicted molar refractivity (Wildman–Crippen MR) is 344 cm³/mol. The summed E-state index contributed by atoms with van der Waals surface area (Å²) in [5.74, 6) is -0.787. The summed E-state index contributed by atoms with van der Waals surface area (Å²) in [5, 5.41) is 0. The van der Waals surface area contributed by atoms with E-state index in [1.54, 1.807) is 0 Å². The van der Waals surface area contributed by atoms with E-state index in [1.165, 1.54) is 218 Å². The summed E-state index contributed by atoms with van der Waals surface area (Å²) in [6.07, 6.45) is 80.3. The highest BCUT2D eigenvalue weighted by atomic mass is 31.2. The van der Waals surface area contributed by atoms with Crippen LogP contribution in [0.3, 0.4) is 0 Å². The Morgan fingerprint density at radius 3 is 1.06 bits per heavy atom. The Kier molecular flexibility index (Phi) is 59.5. The number of nitrogens with zero attached hydrogens (tertiary/aromatic N) is 1. The van der Waals surface area contributed by atoms with Crippen LogP contribution in [0.5, 0.6) is 0 Å². The van der Waals surface area contributed by atoms with Gasteiger partial charge >= 0.3 is 19.8 Å². The average Bonchev–Trinajstić information content (AvgIpc) is 3.42. The molecular formula is C70H131NO8P+. The predicted octanol–water partition coefficient (Wildman–Crippen LogP) is 21.8. The zero-order valence-electron chi connectivity index (χ0n) is 53.3. The van der Waals surface area contributed by atoms with Crippen LogP contribution < -0.4 is 0 Å². The molecule has 0 aromatic rings. The standard InChI is InChI=1S/C70H130NO8P/c1-6-8-10-12-14-16-18-20-22-24-26-28-30-32-34-35-37-38-40-42-44-46-48-50-52-54-56-58-60-62-69(72)76-66-68(67-78-80(74,75)77-65-64-71(3,4)5)79-70(73)63-61-59-57-55-53-51-49-47-45-43-41-39-36-33-31-29-27-25-23-21-19-17-15-13-11-9-7-2/h9,11,15,17,21,23,27,29,33,36,68H,6-8,10,12-14,16,18-20,22,24-26,28,30-32,34-35,37-67H2,1-5H3/p+1/b11-9-,17-15-,23-21-,29-27-,36-33-. The molecule has 0 bridgehead atoms. The van der Waals surface area contributed by atoms with Gasteiger partial charge in [-0.3, -0.25) is 18.6 Å². The quantitative estimate of drug-likeness (QED) is 0.0211. The molecule has 10 heteroatoms. The molecule has 0 aromatic heterocycles. The molecule has 0 radical (unpaired) electrons.